The number of carbonyl (C=O) groups is 1. The summed E-state index contributed by atoms with van der Waals surface area (Å²) in [5.41, 5.74) is 2.26. The third-order valence-electron chi connectivity index (χ3n) is 5.15. The molecule has 2 aromatic rings. The van der Waals surface area contributed by atoms with Gasteiger partial charge in [0.15, 0.2) is 6.29 Å². The number of aryl methyl sites for hydroxylation is 1. The molecule has 5 nitrogen and oxygen atoms in total. The molecule has 4 rings (SSSR count). The van der Waals surface area contributed by atoms with Crippen molar-refractivity contribution in [3.8, 4) is 0 Å². The number of hydrogen-bond acceptors (Lipinski definition) is 3. The van der Waals surface area contributed by atoms with Crippen LogP contribution in [-0.2, 0) is 27.7 Å². The van der Waals surface area contributed by atoms with Gasteiger partial charge in [0.2, 0.25) is 5.91 Å². The van der Waals surface area contributed by atoms with Crippen LogP contribution in [0.4, 0.5) is 0 Å². The monoisotopic (exact) mass is 328 g/mol. The summed E-state index contributed by atoms with van der Waals surface area (Å²) in [5.74, 6) is 0.176. The molecule has 0 spiro atoms. The first kappa shape index (κ1) is 15.7. The largest absolute Gasteiger partial charge is 0.350 e. The molecule has 128 valence electrons. The van der Waals surface area contributed by atoms with Gasteiger partial charge < -0.3 is 18.9 Å². The van der Waals surface area contributed by atoms with Crippen molar-refractivity contribution >= 4 is 16.8 Å². The molecule has 3 heterocycles. The number of ether oxygens (including phenoxy) is 2. The van der Waals surface area contributed by atoms with Crippen molar-refractivity contribution in [2.75, 3.05) is 19.8 Å². The fourth-order valence-electron chi connectivity index (χ4n) is 3.98. The van der Waals surface area contributed by atoms with Gasteiger partial charge in [-0.3, -0.25) is 4.79 Å². The number of rotatable bonds is 3. The fraction of sp³-hybridized carbons (Fsp3) is 0.526. The highest BCUT2D eigenvalue weighted by Gasteiger charge is 2.36. The highest BCUT2D eigenvalue weighted by Crippen LogP contribution is 2.27. The Hall–Kier alpha value is -1.85. The van der Waals surface area contributed by atoms with E-state index in [1.807, 2.05) is 24.1 Å². The second kappa shape index (κ2) is 6.57. The summed E-state index contributed by atoms with van der Waals surface area (Å²) in [4.78, 5) is 15.0. The summed E-state index contributed by atoms with van der Waals surface area (Å²) in [5, 5.41) is 1.16. The van der Waals surface area contributed by atoms with Crippen LogP contribution in [0.5, 0.6) is 0 Å². The molecule has 2 aliphatic heterocycles. The molecule has 1 aromatic carbocycles. The normalized spacial score (nSPS) is 22.4. The van der Waals surface area contributed by atoms with Gasteiger partial charge in [0.05, 0.1) is 25.7 Å². The number of para-hydroxylation sites is 1. The van der Waals surface area contributed by atoms with Crippen molar-refractivity contribution in [3.63, 3.8) is 0 Å². The molecule has 0 radical (unpaired) electrons. The quantitative estimate of drug-likeness (QED) is 0.869. The zero-order valence-corrected chi connectivity index (χ0v) is 14.1. The van der Waals surface area contributed by atoms with Crippen LogP contribution in [0.1, 0.15) is 24.8 Å². The number of aromatic nitrogens is 1. The lowest BCUT2D eigenvalue weighted by Crippen LogP contribution is -2.50. The molecule has 1 unspecified atom stereocenters. The molecule has 1 amide bonds. The molecule has 5 heteroatoms. The summed E-state index contributed by atoms with van der Waals surface area (Å²) >= 11 is 0. The minimum Gasteiger partial charge on any atom is -0.350 e. The van der Waals surface area contributed by atoms with Crippen LogP contribution < -0.4 is 0 Å². The third kappa shape index (κ3) is 2.82. The Labute approximate surface area is 142 Å². The highest BCUT2D eigenvalue weighted by atomic mass is 16.7. The Morgan fingerprint density at radius 1 is 1.21 bits per heavy atom. The Morgan fingerprint density at radius 3 is 2.83 bits per heavy atom. The molecule has 0 bridgehead atoms. The first-order valence-electron chi connectivity index (χ1n) is 8.79. The minimum absolute atomic E-state index is 0.0590. The second-order valence-corrected chi connectivity index (χ2v) is 6.72. The summed E-state index contributed by atoms with van der Waals surface area (Å²) in [6.45, 7) is 2.07. The average Bonchev–Trinajstić information content (AvgIpc) is 3.24. The van der Waals surface area contributed by atoms with Crippen molar-refractivity contribution in [1.29, 1.82) is 0 Å². The van der Waals surface area contributed by atoms with Crippen LogP contribution in [0.25, 0.3) is 10.9 Å². The van der Waals surface area contributed by atoms with E-state index in [0.29, 0.717) is 19.6 Å². The molecular weight excluding hydrogens is 304 g/mol. The second-order valence-electron chi connectivity index (χ2n) is 6.72. The van der Waals surface area contributed by atoms with Gasteiger partial charge in [-0.2, -0.15) is 0 Å². The average molecular weight is 328 g/mol. The summed E-state index contributed by atoms with van der Waals surface area (Å²) in [6.07, 6.45) is 5.42. The first-order valence-corrected chi connectivity index (χ1v) is 8.79. The van der Waals surface area contributed by atoms with Gasteiger partial charge in [-0.15, -0.1) is 0 Å². The van der Waals surface area contributed by atoms with Crippen molar-refractivity contribution in [2.45, 2.75) is 38.0 Å². The minimum atomic E-state index is -0.248. The van der Waals surface area contributed by atoms with E-state index < -0.39 is 0 Å². The van der Waals surface area contributed by atoms with E-state index in [9.17, 15) is 4.79 Å². The van der Waals surface area contributed by atoms with Crippen LogP contribution >= 0.6 is 0 Å². The fourth-order valence-corrected chi connectivity index (χ4v) is 3.98. The van der Waals surface area contributed by atoms with E-state index >= 15 is 0 Å². The Morgan fingerprint density at radius 2 is 2.00 bits per heavy atom. The van der Waals surface area contributed by atoms with Crippen LogP contribution in [-0.4, -0.2) is 47.5 Å². The third-order valence-corrected chi connectivity index (χ3v) is 5.15. The van der Waals surface area contributed by atoms with E-state index in [0.717, 1.165) is 42.3 Å². The molecule has 0 aliphatic carbocycles. The molecular formula is C19H24N2O3. The Balaban J connectivity index is 1.55. The van der Waals surface area contributed by atoms with E-state index in [1.165, 1.54) is 0 Å². The van der Waals surface area contributed by atoms with Gasteiger partial charge in [0.25, 0.3) is 0 Å². The lowest BCUT2D eigenvalue weighted by Gasteiger charge is -2.38. The maximum absolute atomic E-state index is 13.0. The predicted molar refractivity (Wildman–Crippen MR) is 91.7 cm³/mol. The molecule has 1 atom stereocenters. The number of hydrogen-bond donors (Lipinski definition) is 0. The lowest BCUT2D eigenvalue weighted by molar-refractivity contribution is -0.149. The highest BCUT2D eigenvalue weighted by molar-refractivity contribution is 5.89. The van der Waals surface area contributed by atoms with Crippen molar-refractivity contribution in [2.24, 2.45) is 7.05 Å². The van der Waals surface area contributed by atoms with Gasteiger partial charge in [-0.05, 0) is 30.9 Å². The molecule has 24 heavy (non-hydrogen) atoms. The molecule has 0 N–H and O–H groups in total. The SMILES string of the molecule is Cn1cc(CC(=O)N2CCCCC2C2OCCO2)c2ccccc21. The molecule has 2 aliphatic rings. The van der Waals surface area contributed by atoms with Crippen molar-refractivity contribution in [1.82, 2.24) is 9.47 Å². The summed E-state index contributed by atoms with van der Waals surface area (Å²) < 4.78 is 13.4. The number of nitrogens with zero attached hydrogens (tertiary/aromatic N) is 2. The van der Waals surface area contributed by atoms with Gasteiger partial charge in [0.1, 0.15) is 0 Å². The van der Waals surface area contributed by atoms with Crippen molar-refractivity contribution < 1.29 is 14.3 Å². The van der Waals surface area contributed by atoms with E-state index in [-0.39, 0.29) is 18.2 Å². The molecule has 2 saturated heterocycles. The van der Waals surface area contributed by atoms with E-state index in [1.54, 1.807) is 0 Å². The molecule has 0 saturated carbocycles. The van der Waals surface area contributed by atoms with Gasteiger partial charge in [-0.1, -0.05) is 18.2 Å². The number of carbonyl (C=O) groups excluding carboxylic acids is 1. The molecule has 2 fully saturated rings. The van der Waals surface area contributed by atoms with Crippen LogP contribution in [0.2, 0.25) is 0 Å². The number of amides is 1. The first-order chi connectivity index (χ1) is 11.7. The van der Waals surface area contributed by atoms with Crippen LogP contribution in [0.3, 0.4) is 0 Å². The smallest absolute Gasteiger partial charge is 0.227 e. The molecule has 1 aromatic heterocycles. The summed E-state index contributed by atoms with van der Waals surface area (Å²) in [7, 11) is 2.03. The number of likely N-dealkylation sites (tertiary alicyclic amines) is 1. The zero-order chi connectivity index (χ0) is 16.5. The van der Waals surface area contributed by atoms with Crippen LogP contribution in [0.15, 0.2) is 30.5 Å². The lowest BCUT2D eigenvalue weighted by atomic mass is 10.00. The number of piperidine rings is 1. The maximum atomic E-state index is 13.0. The van der Waals surface area contributed by atoms with Crippen molar-refractivity contribution in [3.05, 3.63) is 36.0 Å². The Kier molecular flexibility index (Phi) is 4.29. The number of fused-ring (bicyclic) bond motifs is 1. The van der Waals surface area contributed by atoms with Gasteiger partial charge in [0, 0.05) is 30.7 Å². The van der Waals surface area contributed by atoms with Gasteiger partial charge in [-0.25, -0.2) is 0 Å². The maximum Gasteiger partial charge on any atom is 0.227 e. The Bertz CT molecular complexity index is 733. The predicted octanol–water partition coefficient (Wildman–Crippen LogP) is 2.47. The van der Waals surface area contributed by atoms with E-state index in [2.05, 4.69) is 22.9 Å². The standard InChI is InChI=1S/C19H24N2O3/c1-20-13-14(15-6-2-3-7-16(15)20)12-18(22)21-9-5-4-8-17(21)19-23-10-11-24-19/h2-3,6-7,13,17,19H,4-5,8-12H2,1H3. The van der Waals surface area contributed by atoms with Gasteiger partial charge >= 0.3 is 0 Å². The summed E-state index contributed by atoms with van der Waals surface area (Å²) in [6, 6.07) is 8.30. The van der Waals surface area contributed by atoms with E-state index in [4.69, 9.17) is 9.47 Å². The zero-order valence-electron chi connectivity index (χ0n) is 14.1. The topological polar surface area (TPSA) is 43.7 Å². The van der Waals surface area contributed by atoms with Crippen LogP contribution in [0, 0.1) is 0 Å². The number of benzene rings is 1.